The van der Waals surface area contributed by atoms with Crippen LogP contribution in [-0.4, -0.2) is 27.6 Å². The average molecular weight is 352 g/mol. The van der Waals surface area contributed by atoms with E-state index in [0.29, 0.717) is 5.75 Å². The Labute approximate surface area is 139 Å². The summed E-state index contributed by atoms with van der Waals surface area (Å²) in [5, 5.41) is 11.2. The minimum Gasteiger partial charge on any atom is -0.497 e. The van der Waals surface area contributed by atoms with Crippen molar-refractivity contribution >= 4 is 21.4 Å². The molecule has 0 spiro atoms. The van der Waals surface area contributed by atoms with Crippen molar-refractivity contribution in [2.45, 2.75) is 11.8 Å². The Kier molecular flexibility index (Phi) is 4.93. The van der Waals surface area contributed by atoms with Gasteiger partial charge in [0, 0.05) is 12.1 Å². The molecule has 2 rings (SSSR count). The maximum absolute atomic E-state index is 12.7. The van der Waals surface area contributed by atoms with Crippen LogP contribution < -0.4 is 14.2 Å². The van der Waals surface area contributed by atoms with Gasteiger partial charge in [-0.3, -0.25) is 14.8 Å². The number of nitro groups is 1. The lowest BCUT2D eigenvalue weighted by atomic mass is 10.2. The standard InChI is InChI=1S/C15H16N2O6S/c1-10-5-4-6-13(17(18)19)15(10)24(20,21)16-12-8-7-11(22-2)9-14(12)23-3/h4-9,16H,1-3H3. The van der Waals surface area contributed by atoms with Gasteiger partial charge in [-0.1, -0.05) is 12.1 Å². The Balaban J connectivity index is 2.53. The molecule has 0 saturated carbocycles. The fourth-order valence-corrected chi connectivity index (χ4v) is 3.68. The third-order valence-electron chi connectivity index (χ3n) is 3.31. The number of ether oxygens (including phenoxy) is 2. The molecule has 9 heteroatoms. The number of nitrogens with zero attached hydrogens (tertiary/aromatic N) is 1. The molecule has 2 aromatic carbocycles. The fourth-order valence-electron chi connectivity index (χ4n) is 2.21. The minimum absolute atomic E-state index is 0.149. The Bertz CT molecular complexity index is 880. The molecule has 0 atom stereocenters. The van der Waals surface area contributed by atoms with E-state index in [1.165, 1.54) is 45.4 Å². The maximum atomic E-state index is 12.7. The number of nitro benzene ring substituents is 1. The van der Waals surface area contributed by atoms with Gasteiger partial charge in [0.25, 0.3) is 15.7 Å². The number of anilines is 1. The van der Waals surface area contributed by atoms with Gasteiger partial charge in [-0.25, -0.2) is 8.42 Å². The van der Waals surface area contributed by atoms with Gasteiger partial charge in [-0.2, -0.15) is 0 Å². The van der Waals surface area contributed by atoms with Crippen LogP contribution in [-0.2, 0) is 10.0 Å². The highest BCUT2D eigenvalue weighted by atomic mass is 32.2. The highest BCUT2D eigenvalue weighted by molar-refractivity contribution is 7.93. The average Bonchev–Trinajstić information content (AvgIpc) is 2.54. The zero-order valence-electron chi connectivity index (χ0n) is 13.3. The number of hydrogen-bond acceptors (Lipinski definition) is 6. The van der Waals surface area contributed by atoms with E-state index in [0.717, 1.165) is 6.07 Å². The van der Waals surface area contributed by atoms with Gasteiger partial charge in [-0.05, 0) is 24.6 Å². The molecule has 128 valence electrons. The smallest absolute Gasteiger partial charge is 0.290 e. The summed E-state index contributed by atoms with van der Waals surface area (Å²) in [6.45, 7) is 1.49. The molecule has 0 saturated heterocycles. The summed E-state index contributed by atoms with van der Waals surface area (Å²) in [6.07, 6.45) is 0. The normalized spacial score (nSPS) is 11.0. The molecule has 2 aromatic rings. The molecule has 0 fully saturated rings. The number of aryl methyl sites for hydroxylation is 1. The van der Waals surface area contributed by atoms with E-state index < -0.39 is 20.6 Å². The molecular weight excluding hydrogens is 336 g/mol. The maximum Gasteiger partial charge on any atom is 0.290 e. The topological polar surface area (TPSA) is 108 Å². The van der Waals surface area contributed by atoms with Crippen molar-refractivity contribution < 1.29 is 22.8 Å². The molecule has 0 unspecified atom stereocenters. The van der Waals surface area contributed by atoms with Crippen LogP contribution in [0.3, 0.4) is 0 Å². The Hall–Kier alpha value is -2.81. The van der Waals surface area contributed by atoms with Gasteiger partial charge in [0.05, 0.1) is 24.8 Å². The SMILES string of the molecule is COc1ccc(NS(=O)(=O)c2c(C)cccc2[N+](=O)[O-])c(OC)c1. The number of rotatable bonds is 6. The van der Waals surface area contributed by atoms with Crippen LogP contribution in [0.2, 0.25) is 0 Å². The second-order valence-corrected chi connectivity index (χ2v) is 6.47. The van der Waals surface area contributed by atoms with Gasteiger partial charge < -0.3 is 9.47 Å². The predicted molar refractivity (Wildman–Crippen MR) is 88.2 cm³/mol. The molecule has 1 N–H and O–H groups in total. The van der Waals surface area contributed by atoms with Gasteiger partial charge in [0.1, 0.15) is 11.5 Å². The number of nitrogens with one attached hydrogen (secondary N) is 1. The van der Waals surface area contributed by atoms with Crippen LogP contribution in [0.25, 0.3) is 0 Å². The molecule has 0 bridgehead atoms. The van der Waals surface area contributed by atoms with Crippen molar-refractivity contribution in [3.8, 4) is 11.5 Å². The second-order valence-electron chi connectivity index (χ2n) is 4.85. The zero-order chi connectivity index (χ0) is 17.9. The summed E-state index contributed by atoms with van der Waals surface area (Å²) in [5.74, 6) is 0.714. The lowest BCUT2D eigenvalue weighted by Gasteiger charge is -2.14. The highest BCUT2D eigenvalue weighted by Crippen LogP contribution is 2.33. The summed E-state index contributed by atoms with van der Waals surface area (Å²) in [6, 6.07) is 8.58. The summed E-state index contributed by atoms with van der Waals surface area (Å²) in [7, 11) is -1.34. The minimum atomic E-state index is -4.18. The van der Waals surface area contributed by atoms with Crippen LogP contribution in [0.1, 0.15) is 5.56 Å². The van der Waals surface area contributed by atoms with Crippen molar-refractivity contribution in [3.05, 3.63) is 52.1 Å². The lowest BCUT2D eigenvalue weighted by molar-refractivity contribution is -0.387. The van der Waals surface area contributed by atoms with E-state index in [4.69, 9.17) is 9.47 Å². The number of methoxy groups -OCH3 is 2. The lowest BCUT2D eigenvalue weighted by Crippen LogP contribution is -2.16. The second kappa shape index (κ2) is 6.75. The first-order valence-corrected chi connectivity index (χ1v) is 8.27. The molecule has 0 aliphatic carbocycles. The van der Waals surface area contributed by atoms with Gasteiger partial charge in [0.15, 0.2) is 4.90 Å². The summed E-state index contributed by atoms with van der Waals surface area (Å²) < 4.78 is 37.9. The van der Waals surface area contributed by atoms with Crippen molar-refractivity contribution in [3.63, 3.8) is 0 Å². The molecule has 0 heterocycles. The zero-order valence-corrected chi connectivity index (χ0v) is 14.1. The molecule has 8 nitrogen and oxygen atoms in total. The number of sulfonamides is 1. The number of benzene rings is 2. The summed E-state index contributed by atoms with van der Waals surface area (Å²) in [5.41, 5.74) is -0.0741. The van der Waals surface area contributed by atoms with E-state index >= 15 is 0 Å². The van der Waals surface area contributed by atoms with E-state index in [9.17, 15) is 18.5 Å². The van der Waals surface area contributed by atoms with Crippen LogP contribution in [0.15, 0.2) is 41.3 Å². The first-order valence-electron chi connectivity index (χ1n) is 6.79. The first kappa shape index (κ1) is 17.5. The predicted octanol–water partition coefficient (Wildman–Crippen LogP) is 2.72. The van der Waals surface area contributed by atoms with Crippen LogP contribution in [0.5, 0.6) is 11.5 Å². The molecule has 0 radical (unpaired) electrons. The van der Waals surface area contributed by atoms with Crippen LogP contribution in [0.4, 0.5) is 11.4 Å². The largest absolute Gasteiger partial charge is 0.497 e. The quantitative estimate of drug-likeness (QED) is 0.632. The number of hydrogen-bond donors (Lipinski definition) is 1. The fraction of sp³-hybridized carbons (Fsp3) is 0.200. The van der Waals surface area contributed by atoms with E-state index in [-0.39, 0.29) is 21.9 Å². The Morgan fingerprint density at radius 2 is 1.83 bits per heavy atom. The summed E-state index contributed by atoms with van der Waals surface area (Å²) in [4.78, 5) is 10.0. The van der Waals surface area contributed by atoms with E-state index in [2.05, 4.69) is 4.72 Å². The highest BCUT2D eigenvalue weighted by Gasteiger charge is 2.28. The van der Waals surface area contributed by atoms with Crippen LogP contribution in [0, 0.1) is 17.0 Å². The molecule has 0 aliphatic rings. The third kappa shape index (κ3) is 3.40. The molecular formula is C15H16N2O6S. The molecule has 0 amide bonds. The molecule has 0 aromatic heterocycles. The van der Waals surface area contributed by atoms with E-state index in [1.54, 1.807) is 6.07 Å². The molecule has 0 aliphatic heterocycles. The van der Waals surface area contributed by atoms with Crippen LogP contribution >= 0.6 is 0 Å². The monoisotopic (exact) mass is 352 g/mol. The Morgan fingerprint density at radius 1 is 1.12 bits per heavy atom. The van der Waals surface area contributed by atoms with E-state index in [1.807, 2.05) is 0 Å². The molecule has 24 heavy (non-hydrogen) atoms. The van der Waals surface area contributed by atoms with Gasteiger partial charge in [-0.15, -0.1) is 0 Å². The summed E-state index contributed by atoms with van der Waals surface area (Å²) >= 11 is 0. The van der Waals surface area contributed by atoms with Gasteiger partial charge in [0.2, 0.25) is 0 Å². The van der Waals surface area contributed by atoms with Crippen molar-refractivity contribution in [1.29, 1.82) is 0 Å². The van der Waals surface area contributed by atoms with Crippen molar-refractivity contribution in [1.82, 2.24) is 0 Å². The van der Waals surface area contributed by atoms with Crippen molar-refractivity contribution in [2.75, 3.05) is 18.9 Å². The van der Waals surface area contributed by atoms with Crippen molar-refractivity contribution in [2.24, 2.45) is 0 Å². The third-order valence-corrected chi connectivity index (χ3v) is 4.87. The first-order chi connectivity index (χ1) is 11.3. The van der Waals surface area contributed by atoms with Gasteiger partial charge >= 0.3 is 0 Å². The Morgan fingerprint density at radius 3 is 2.42 bits per heavy atom.